The Bertz CT molecular complexity index is 453. The van der Waals surface area contributed by atoms with Crippen molar-refractivity contribution in [2.24, 2.45) is 0 Å². The summed E-state index contributed by atoms with van der Waals surface area (Å²) in [6, 6.07) is 3.56. The molecule has 0 spiro atoms. The average Bonchev–Trinajstić information content (AvgIpc) is 3.08. The van der Waals surface area contributed by atoms with E-state index >= 15 is 0 Å². The van der Waals surface area contributed by atoms with Crippen LogP contribution in [0.2, 0.25) is 0 Å². The van der Waals surface area contributed by atoms with Crippen LogP contribution in [0.5, 0.6) is 0 Å². The van der Waals surface area contributed by atoms with Gasteiger partial charge in [0.25, 0.3) is 5.91 Å². The van der Waals surface area contributed by atoms with Gasteiger partial charge in [0.2, 0.25) is 5.91 Å². The maximum Gasteiger partial charge on any atom is 0.261 e. The lowest BCUT2D eigenvalue weighted by molar-refractivity contribution is -0.122. The topological polar surface area (TPSA) is 78.4 Å². The van der Waals surface area contributed by atoms with Gasteiger partial charge in [-0.05, 0) is 24.3 Å². The van der Waals surface area contributed by atoms with E-state index in [4.69, 9.17) is 0 Å². The molecule has 0 radical (unpaired) electrons. The number of carbonyl (C=O) groups is 2. The number of hydrogen-bond donors (Lipinski definition) is 3. The number of carbonyl (C=O) groups excluding carboxylic acids is 2. The zero-order chi connectivity index (χ0) is 14.4. The molecule has 0 atom stereocenters. The summed E-state index contributed by atoms with van der Waals surface area (Å²) in [6.45, 7) is 0.617. The maximum atomic E-state index is 11.6. The summed E-state index contributed by atoms with van der Waals surface area (Å²) in [5.74, 6) is -0.293. The molecule has 1 aliphatic carbocycles. The molecule has 2 amide bonds. The first-order valence-electron chi connectivity index (χ1n) is 6.90. The SMILES string of the molecule is O=C(CCNC(=O)c1cccs1)NCC1(O)CCCC1. The van der Waals surface area contributed by atoms with Crippen LogP contribution in [0.1, 0.15) is 41.8 Å². The first-order valence-corrected chi connectivity index (χ1v) is 7.78. The predicted molar refractivity (Wildman–Crippen MR) is 77.7 cm³/mol. The third kappa shape index (κ3) is 4.31. The minimum Gasteiger partial charge on any atom is -0.388 e. The van der Waals surface area contributed by atoms with Crippen molar-refractivity contribution in [3.05, 3.63) is 22.4 Å². The molecule has 0 aromatic carbocycles. The Kier molecular flexibility index (Phi) is 5.14. The molecule has 0 aliphatic heterocycles. The highest BCUT2D eigenvalue weighted by Crippen LogP contribution is 2.28. The van der Waals surface area contributed by atoms with Gasteiger partial charge in [-0.15, -0.1) is 11.3 Å². The highest BCUT2D eigenvalue weighted by molar-refractivity contribution is 7.12. The smallest absolute Gasteiger partial charge is 0.261 e. The zero-order valence-electron chi connectivity index (χ0n) is 11.4. The van der Waals surface area contributed by atoms with Crippen LogP contribution in [0.3, 0.4) is 0 Å². The number of thiophene rings is 1. The minimum absolute atomic E-state index is 0.142. The molecule has 0 bridgehead atoms. The van der Waals surface area contributed by atoms with Crippen LogP contribution in [-0.4, -0.2) is 35.6 Å². The van der Waals surface area contributed by atoms with E-state index < -0.39 is 5.60 Å². The minimum atomic E-state index is -0.726. The Hall–Kier alpha value is -1.40. The van der Waals surface area contributed by atoms with Crippen molar-refractivity contribution < 1.29 is 14.7 Å². The number of nitrogens with one attached hydrogen (secondary N) is 2. The first kappa shape index (κ1) is 15.0. The molecule has 1 heterocycles. The van der Waals surface area contributed by atoms with E-state index in [2.05, 4.69) is 10.6 Å². The second kappa shape index (κ2) is 6.85. The molecule has 1 aromatic rings. The monoisotopic (exact) mass is 296 g/mol. The van der Waals surface area contributed by atoms with Gasteiger partial charge in [-0.2, -0.15) is 0 Å². The molecule has 5 nitrogen and oxygen atoms in total. The van der Waals surface area contributed by atoms with E-state index in [1.165, 1.54) is 11.3 Å². The fourth-order valence-corrected chi connectivity index (χ4v) is 2.99. The van der Waals surface area contributed by atoms with Crippen LogP contribution in [0, 0.1) is 0 Å². The summed E-state index contributed by atoms with van der Waals surface area (Å²) in [5, 5.41) is 17.4. The Labute approximate surface area is 122 Å². The molecule has 6 heteroatoms. The molecule has 1 fully saturated rings. The molecular weight excluding hydrogens is 276 g/mol. The van der Waals surface area contributed by atoms with E-state index in [0.29, 0.717) is 18.0 Å². The Morgan fingerprint density at radius 1 is 1.30 bits per heavy atom. The molecule has 110 valence electrons. The Balaban J connectivity index is 1.62. The van der Waals surface area contributed by atoms with Gasteiger partial charge >= 0.3 is 0 Å². The number of hydrogen-bond acceptors (Lipinski definition) is 4. The normalized spacial score (nSPS) is 16.9. The largest absolute Gasteiger partial charge is 0.388 e. The van der Waals surface area contributed by atoms with Gasteiger partial charge < -0.3 is 15.7 Å². The summed E-state index contributed by atoms with van der Waals surface area (Å²) in [4.78, 5) is 23.9. The first-order chi connectivity index (χ1) is 9.59. The van der Waals surface area contributed by atoms with Crippen LogP contribution >= 0.6 is 11.3 Å². The van der Waals surface area contributed by atoms with Crippen molar-refractivity contribution in [2.45, 2.75) is 37.7 Å². The quantitative estimate of drug-likeness (QED) is 0.740. The lowest BCUT2D eigenvalue weighted by Crippen LogP contribution is -2.41. The molecule has 2 rings (SSSR count). The fraction of sp³-hybridized carbons (Fsp3) is 0.571. The molecule has 0 saturated heterocycles. The summed E-state index contributed by atoms with van der Waals surface area (Å²) in [7, 11) is 0. The van der Waals surface area contributed by atoms with E-state index in [1.54, 1.807) is 6.07 Å². The Morgan fingerprint density at radius 3 is 2.70 bits per heavy atom. The van der Waals surface area contributed by atoms with Gasteiger partial charge in [-0.1, -0.05) is 18.9 Å². The van der Waals surface area contributed by atoms with E-state index in [0.717, 1.165) is 25.7 Å². The number of amides is 2. The molecule has 1 aromatic heterocycles. The van der Waals surface area contributed by atoms with E-state index in [1.807, 2.05) is 11.4 Å². The Morgan fingerprint density at radius 2 is 2.05 bits per heavy atom. The summed E-state index contributed by atoms with van der Waals surface area (Å²) < 4.78 is 0. The molecule has 3 N–H and O–H groups in total. The molecule has 20 heavy (non-hydrogen) atoms. The lowest BCUT2D eigenvalue weighted by atomic mass is 10.0. The van der Waals surface area contributed by atoms with Crippen LogP contribution in [-0.2, 0) is 4.79 Å². The maximum absolute atomic E-state index is 11.6. The van der Waals surface area contributed by atoms with Crippen molar-refractivity contribution in [3.8, 4) is 0 Å². The third-order valence-electron chi connectivity index (χ3n) is 3.53. The van der Waals surface area contributed by atoms with Crippen LogP contribution in [0.25, 0.3) is 0 Å². The van der Waals surface area contributed by atoms with E-state index in [9.17, 15) is 14.7 Å². The van der Waals surface area contributed by atoms with Gasteiger partial charge in [-0.25, -0.2) is 0 Å². The third-order valence-corrected chi connectivity index (χ3v) is 4.40. The fourth-order valence-electron chi connectivity index (χ4n) is 2.35. The molecular formula is C14H20N2O3S. The zero-order valence-corrected chi connectivity index (χ0v) is 12.2. The van der Waals surface area contributed by atoms with Gasteiger partial charge in [0.15, 0.2) is 0 Å². The summed E-state index contributed by atoms with van der Waals surface area (Å²) in [5.41, 5.74) is -0.726. The van der Waals surface area contributed by atoms with Gasteiger partial charge in [0.05, 0.1) is 10.5 Å². The van der Waals surface area contributed by atoms with Gasteiger partial charge in [0.1, 0.15) is 0 Å². The molecule has 1 aliphatic rings. The number of rotatable bonds is 6. The standard InChI is InChI=1S/C14H20N2O3S/c17-12(16-10-14(19)6-1-2-7-14)5-8-15-13(18)11-4-3-9-20-11/h3-4,9,19H,1-2,5-8,10H2,(H,15,18)(H,16,17). The second-order valence-corrected chi connectivity index (χ2v) is 6.14. The van der Waals surface area contributed by atoms with E-state index in [-0.39, 0.29) is 18.2 Å². The van der Waals surface area contributed by atoms with Crippen LogP contribution in [0.15, 0.2) is 17.5 Å². The van der Waals surface area contributed by atoms with Crippen molar-refractivity contribution in [3.63, 3.8) is 0 Å². The van der Waals surface area contributed by atoms with Crippen molar-refractivity contribution in [1.29, 1.82) is 0 Å². The van der Waals surface area contributed by atoms with Crippen molar-refractivity contribution >= 4 is 23.2 Å². The van der Waals surface area contributed by atoms with Crippen molar-refractivity contribution in [2.75, 3.05) is 13.1 Å². The second-order valence-electron chi connectivity index (χ2n) is 5.19. The van der Waals surface area contributed by atoms with Crippen LogP contribution < -0.4 is 10.6 Å². The van der Waals surface area contributed by atoms with Crippen molar-refractivity contribution in [1.82, 2.24) is 10.6 Å². The summed E-state index contributed by atoms with van der Waals surface area (Å²) in [6.07, 6.45) is 3.77. The highest BCUT2D eigenvalue weighted by Gasteiger charge is 2.31. The lowest BCUT2D eigenvalue weighted by Gasteiger charge is -2.22. The van der Waals surface area contributed by atoms with Crippen LogP contribution in [0.4, 0.5) is 0 Å². The molecule has 1 saturated carbocycles. The summed E-state index contributed by atoms with van der Waals surface area (Å²) >= 11 is 1.37. The predicted octanol–water partition coefficient (Wildman–Crippen LogP) is 1.29. The molecule has 0 unspecified atom stereocenters. The highest BCUT2D eigenvalue weighted by atomic mass is 32.1. The van der Waals surface area contributed by atoms with Gasteiger partial charge in [0, 0.05) is 19.5 Å². The average molecular weight is 296 g/mol. The van der Waals surface area contributed by atoms with Gasteiger partial charge in [-0.3, -0.25) is 9.59 Å². The number of aliphatic hydroxyl groups is 1.